The zero-order valence-corrected chi connectivity index (χ0v) is 9.03. The quantitative estimate of drug-likeness (QED) is 0.565. The van der Waals surface area contributed by atoms with E-state index < -0.39 is 24.1 Å². The van der Waals surface area contributed by atoms with Crippen LogP contribution in [0.1, 0.15) is 22.3 Å². The highest BCUT2D eigenvalue weighted by Crippen LogP contribution is 2.15. The molecule has 0 aliphatic heterocycles. The van der Waals surface area contributed by atoms with Gasteiger partial charge in [-0.2, -0.15) is 0 Å². The van der Waals surface area contributed by atoms with Crippen molar-refractivity contribution in [2.24, 2.45) is 5.73 Å². The predicted molar refractivity (Wildman–Crippen MR) is 55.7 cm³/mol. The monoisotopic (exact) mass is 240 g/mol. The number of pyridine rings is 1. The van der Waals surface area contributed by atoms with E-state index in [1.807, 2.05) is 0 Å². The van der Waals surface area contributed by atoms with Crippen LogP contribution in [-0.4, -0.2) is 40.3 Å². The minimum atomic E-state index is -1.78. The van der Waals surface area contributed by atoms with E-state index in [2.05, 4.69) is 9.72 Å². The standard InChI is InChI=1S/C10H12N2O5/c1-17-10(16)6-4-2-3-5(12-6)7(13)8(14)9(11)15/h2-4,7-8,13-14H,1H3,(H2,11,15). The summed E-state index contributed by atoms with van der Waals surface area (Å²) < 4.78 is 4.44. The zero-order valence-electron chi connectivity index (χ0n) is 9.03. The summed E-state index contributed by atoms with van der Waals surface area (Å²) in [4.78, 5) is 25.6. The van der Waals surface area contributed by atoms with Crippen molar-refractivity contribution in [2.45, 2.75) is 12.2 Å². The number of aliphatic hydroxyl groups excluding tert-OH is 2. The van der Waals surface area contributed by atoms with Crippen molar-refractivity contribution in [1.29, 1.82) is 0 Å². The van der Waals surface area contributed by atoms with Crippen molar-refractivity contribution in [3.8, 4) is 0 Å². The Morgan fingerprint density at radius 1 is 1.41 bits per heavy atom. The predicted octanol–water partition coefficient (Wildman–Crippen LogP) is -1.25. The van der Waals surface area contributed by atoms with Crippen LogP contribution < -0.4 is 5.73 Å². The molecule has 4 N–H and O–H groups in total. The van der Waals surface area contributed by atoms with Gasteiger partial charge in [-0.3, -0.25) is 4.79 Å². The second-order valence-corrected chi connectivity index (χ2v) is 3.23. The number of carbonyl (C=O) groups is 2. The third kappa shape index (κ3) is 2.99. The van der Waals surface area contributed by atoms with E-state index in [0.29, 0.717) is 0 Å². The van der Waals surface area contributed by atoms with E-state index in [9.17, 15) is 19.8 Å². The minimum Gasteiger partial charge on any atom is -0.464 e. The normalized spacial score (nSPS) is 13.8. The number of methoxy groups -OCH3 is 1. The number of rotatable bonds is 4. The van der Waals surface area contributed by atoms with E-state index in [4.69, 9.17) is 5.73 Å². The van der Waals surface area contributed by atoms with Crippen LogP contribution in [0.15, 0.2) is 18.2 Å². The van der Waals surface area contributed by atoms with Crippen molar-refractivity contribution in [1.82, 2.24) is 4.98 Å². The van der Waals surface area contributed by atoms with Crippen molar-refractivity contribution in [3.63, 3.8) is 0 Å². The zero-order chi connectivity index (χ0) is 13.0. The molecule has 0 saturated carbocycles. The van der Waals surface area contributed by atoms with Crippen molar-refractivity contribution in [2.75, 3.05) is 7.11 Å². The summed E-state index contributed by atoms with van der Waals surface area (Å²) in [7, 11) is 1.19. The van der Waals surface area contributed by atoms with Crippen LogP contribution in [-0.2, 0) is 9.53 Å². The van der Waals surface area contributed by atoms with Crippen LogP contribution in [0.4, 0.5) is 0 Å². The van der Waals surface area contributed by atoms with Gasteiger partial charge in [0.15, 0.2) is 6.10 Å². The molecule has 1 rings (SSSR count). The first kappa shape index (κ1) is 13.1. The molecular weight excluding hydrogens is 228 g/mol. The maximum Gasteiger partial charge on any atom is 0.356 e. The molecule has 2 atom stereocenters. The number of carbonyl (C=O) groups excluding carboxylic acids is 2. The number of esters is 1. The van der Waals surface area contributed by atoms with E-state index in [1.54, 1.807) is 0 Å². The Labute approximate surface area is 96.8 Å². The highest BCUT2D eigenvalue weighted by molar-refractivity contribution is 5.87. The Morgan fingerprint density at radius 2 is 2.06 bits per heavy atom. The molecule has 1 amide bonds. The molecule has 0 saturated heterocycles. The summed E-state index contributed by atoms with van der Waals surface area (Å²) in [6.45, 7) is 0. The summed E-state index contributed by atoms with van der Waals surface area (Å²) in [5.74, 6) is -1.77. The maximum absolute atomic E-state index is 11.2. The first-order valence-corrected chi connectivity index (χ1v) is 4.68. The van der Waals surface area contributed by atoms with Crippen molar-refractivity contribution in [3.05, 3.63) is 29.6 Å². The Morgan fingerprint density at radius 3 is 2.59 bits per heavy atom. The molecule has 0 radical (unpaired) electrons. The average molecular weight is 240 g/mol. The lowest BCUT2D eigenvalue weighted by molar-refractivity contribution is -0.132. The second kappa shape index (κ2) is 5.37. The SMILES string of the molecule is COC(=O)c1cccc(C(O)C(O)C(N)=O)n1. The van der Waals surface area contributed by atoms with Crippen LogP contribution in [0.2, 0.25) is 0 Å². The number of ether oxygens (including phenoxy) is 1. The smallest absolute Gasteiger partial charge is 0.356 e. The summed E-state index contributed by atoms with van der Waals surface area (Å²) in [6.07, 6.45) is -3.37. The van der Waals surface area contributed by atoms with Crippen LogP contribution in [0.3, 0.4) is 0 Å². The van der Waals surface area contributed by atoms with Gasteiger partial charge in [-0.1, -0.05) is 6.07 Å². The van der Waals surface area contributed by atoms with Crippen molar-refractivity contribution < 1.29 is 24.5 Å². The number of hydrogen-bond donors (Lipinski definition) is 3. The first-order chi connectivity index (χ1) is 7.97. The van der Waals surface area contributed by atoms with Gasteiger partial charge in [0.2, 0.25) is 5.91 Å². The van der Waals surface area contributed by atoms with E-state index >= 15 is 0 Å². The van der Waals surface area contributed by atoms with Crippen LogP contribution >= 0.6 is 0 Å². The van der Waals surface area contributed by atoms with Crippen molar-refractivity contribution >= 4 is 11.9 Å². The highest BCUT2D eigenvalue weighted by Gasteiger charge is 2.25. The lowest BCUT2D eigenvalue weighted by Gasteiger charge is -2.14. The number of aliphatic hydroxyl groups is 2. The van der Waals surface area contributed by atoms with Gasteiger partial charge in [-0.05, 0) is 12.1 Å². The number of nitrogens with two attached hydrogens (primary N) is 1. The third-order valence-corrected chi connectivity index (χ3v) is 2.06. The fourth-order valence-corrected chi connectivity index (χ4v) is 1.15. The van der Waals surface area contributed by atoms with E-state index in [1.165, 1.54) is 25.3 Å². The molecule has 0 aromatic carbocycles. The summed E-state index contributed by atoms with van der Waals surface area (Å²) in [5.41, 5.74) is 4.75. The molecule has 7 nitrogen and oxygen atoms in total. The summed E-state index contributed by atoms with van der Waals surface area (Å²) in [5, 5.41) is 18.8. The Balaban J connectivity index is 2.99. The molecule has 0 spiro atoms. The number of hydrogen-bond acceptors (Lipinski definition) is 6. The van der Waals surface area contributed by atoms with Gasteiger partial charge in [0.25, 0.3) is 0 Å². The van der Waals surface area contributed by atoms with Gasteiger partial charge in [-0.15, -0.1) is 0 Å². The first-order valence-electron chi connectivity index (χ1n) is 4.68. The van der Waals surface area contributed by atoms with Crippen LogP contribution in [0, 0.1) is 0 Å². The number of amides is 1. The molecule has 0 aliphatic carbocycles. The highest BCUT2D eigenvalue weighted by atomic mass is 16.5. The maximum atomic E-state index is 11.2. The third-order valence-electron chi connectivity index (χ3n) is 2.06. The summed E-state index contributed by atoms with van der Waals surface area (Å²) >= 11 is 0. The van der Waals surface area contributed by atoms with Gasteiger partial charge in [0.1, 0.15) is 11.8 Å². The van der Waals surface area contributed by atoms with Gasteiger partial charge in [0.05, 0.1) is 12.8 Å². The molecule has 0 bridgehead atoms. The molecule has 2 unspecified atom stereocenters. The van der Waals surface area contributed by atoms with E-state index in [0.717, 1.165) is 0 Å². The molecule has 1 aromatic heterocycles. The summed E-state index contributed by atoms with van der Waals surface area (Å²) in [6, 6.07) is 4.16. The van der Waals surface area contributed by atoms with Gasteiger partial charge in [-0.25, -0.2) is 9.78 Å². The van der Waals surface area contributed by atoms with Crippen LogP contribution in [0.25, 0.3) is 0 Å². The Kier molecular flexibility index (Phi) is 4.13. The molecule has 0 fully saturated rings. The number of aromatic nitrogens is 1. The molecular formula is C10H12N2O5. The number of primary amides is 1. The lowest BCUT2D eigenvalue weighted by Crippen LogP contribution is -2.34. The Hall–Kier alpha value is -1.99. The fourth-order valence-electron chi connectivity index (χ4n) is 1.15. The minimum absolute atomic E-state index is 0.0410. The lowest BCUT2D eigenvalue weighted by atomic mass is 10.1. The average Bonchev–Trinajstić information content (AvgIpc) is 2.36. The molecule has 92 valence electrons. The molecule has 17 heavy (non-hydrogen) atoms. The number of nitrogens with zero attached hydrogens (tertiary/aromatic N) is 1. The largest absolute Gasteiger partial charge is 0.464 e. The van der Waals surface area contributed by atoms with E-state index in [-0.39, 0.29) is 11.4 Å². The van der Waals surface area contributed by atoms with Gasteiger partial charge < -0.3 is 20.7 Å². The van der Waals surface area contributed by atoms with Crippen LogP contribution in [0.5, 0.6) is 0 Å². The van der Waals surface area contributed by atoms with Gasteiger partial charge in [0, 0.05) is 0 Å². The molecule has 0 aliphatic rings. The fraction of sp³-hybridized carbons (Fsp3) is 0.300. The van der Waals surface area contributed by atoms with Gasteiger partial charge >= 0.3 is 5.97 Å². The second-order valence-electron chi connectivity index (χ2n) is 3.23. The topological polar surface area (TPSA) is 123 Å². The molecule has 1 heterocycles. The molecule has 1 aromatic rings. The molecule has 7 heteroatoms. The Bertz CT molecular complexity index is 434.